The van der Waals surface area contributed by atoms with E-state index in [4.69, 9.17) is 16.3 Å². The first-order valence-electron chi connectivity index (χ1n) is 8.20. The highest BCUT2D eigenvalue weighted by Crippen LogP contribution is 2.43. The molecular formula is C18H21ClN2O2. The molecule has 5 heteroatoms. The molecule has 1 N–H and O–H groups in total. The molecule has 0 unspecified atom stereocenters. The first-order valence-corrected chi connectivity index (χ1v) is 8.58. The zero-order chi connectivity index (χ0) is 16.0. The number of rotatable bonds is 3. The van der Waals surface area contributed by atoms with Crippen LogP contribution in [-0.2, 0) is 22.5 Å². The van der Waals surface area contributed by atoms with Gasteiger partial charge in [0, 0.05) is 53.8 Å². The van der Waals surface area contributed by atoms with E-state index in [-0.39, 0.29) is 11.3 Å². The standard InChI is InChI=1S/C18H21ClN2O2/c1-23-11-18(6-2-7-18)17(22)21-8-5-16-14(10-21)13-9-12(19)3-4-15(13)20-16/h3-4,9,20H,2,5-8,10-11H2,1H3. The number of methoxy groups -OCH3 is 1. The van der Waals surface area contributed by atoms with Gasteiger partial charge in [-0.2, -0.15) is 0 Å². The lowest BCUT2D eigenvalue weighted by Crippen LogP contribution is -2.51. The van der Waals surface area contributed by atoms with Crippen molar-refractivity contribution in [2.75, 3.05) is 20.3 Å². The molecule has 1 saturated carbocycles. The highest BCUT2D eigenvalue weighted by molar-refractivity contribution is 6.31. The van der Waals surface area contributed by atoms with Gasteiger partial charge >= 0.3 is 0 Å². The maximum Gasteiger partial charge on any atom is 0.231 e. The lowest BCUT2D eigenvalue weighted by molar-refractivity contribution is -0.153. The van der Waals surface area contributed by atoms with E-state index in [1.165, 1.54) is 11.3 Å². The number of carbonyl (C=O) groups is 1. The lowest BCUT2D eigenvalue weighted by atomic mass is 9.68. The fourth-order valence-corrected chi connectivity index (χ4v) is 4.17. The third kappa shape index (κ3) is 2.36. The molecule has 1 aliphatic carbocycles. The summed E-state index contributed by atoms with van der Waals surface area (Å²) in [7, 11) is 1.68. The van der Waals surface area contributed by atoms with Crippen molar-refractivity contribution in [1.29, 1.82) is 0 Å². The Hall–Kier alpha value is -1.52. The molecule has 2 aliphatic rings. The lowest BCUT2D eigenvalue weighted by Gasteiger charge is -2.43. The number of benzene rings is 1. The van der Waals surface area contributed by atoms with Crippen molar-refractivity contribution in [3.63, 3.8) is 0 Å². The van der Waals surface area contributed by atoms with Crippen LogP contribution in [0.25, 0.3) is 10.9 Å². The van der Waals surface area contributed by atoms with Crippen molar-refractivity contribution in [1.82, 2.24) is 9.88 Å². The number of H-pyrrole nitrogens is 1. The molecule has 1 amide bonds. The summed E-state index contributed by atoms with van der Waals surface area (Å²) < 4.78 is 5.33. The molecule has 1 aliphatic heterocycles. The van der Waals surface area contributed by atoms with Crippen LogP contribution in [0.3, 0.4) is 0 Å². The predicted molar refractivity (Wildman–Crippen MR) is 90.6 cm³/mol. The summed E-state index contributed by atoms with van der Waals surface area (Å²) >= 11 is 6.15. The molecule has 0 bridgehead atoms. The zero-order valence-electron chi connectivity index (χ0n) is 13.3. The first kappa shape index (κ1) is 15.0. The Labute approximate surface area is 140 Å². The van der Waals surface area contributed by atoms with Gasteiger partial charge in [-0.3, -0.25) is 4.79 Å². The monoisotopic (exact) mass is 332 g/mol. The van der Waals surface area contributed by atoms with Crippen LogP contribution in [0.1, 0.15) is 30.5 Å². The summed E-state index contributed by atoms with van der Waals surface area (Å²) in [6.45, 7) is 1.98. The highest BCUT2D eigenvalue weighted by atomic mass is 35.5. The molecule has 4 rings (SSSR count). The van der Waals surface area contributed by atoms with Crippen LogP contribution in [0.2, 0.25) is 5.02 Å². The number of hydrogen-bond acceptors (Lipinski definition) is 2. The van der Waals surface area contributed by atoms with Gasteiger partial charge in [-0.05, 0) is 31.0 Å². The van der Waals surface area contributed by atoms with Crippen LogP contribution in [0.4, 0.5) is 0 Å². The van der Waals surface area contributed by atoms with Gasteiger partial charge in [-0.25, -0.2) is 0 Å². The quantitative estimate of drug-likeness (QED) is 0.934. The summed E-state index contributed by atoms with van der Waals surface area (Å²) in [5.74, 6) is 0.257. The van der Waals surface area contributed by atoms with Gasteiger partial charge < -0.3 is 14.6 Å². The molecule has 122 valence electrons. The number of ether oxygens (including phenoxy) is 1. The number of carbonyl (C=O) groups excluding carboxylic acids is 1. The SMILES string of the molecule is COCC1(C(=O)N2CCc3[nH]c4ccc(Cl)cc4c3C2)CCC1. The number of nitrogens with zero attached hydrogens (tertiary/aromatic N) is 1. The van der Waals surface area contributed by atoms with Crippen molar-refractivity contribution in [3.8, 4) is 0 Å². The molecule has 0 spiro atoms. The number of nitrogens with one attached hydrogen (secondary N) is 1. The molecule has 1 aromatic carbocycles. The molecule has 2 heterocycles. The number of aromatic nitrogens is 1. The molecule has 0 radical (unpaired) electrons. The smallest absolute Gasteiger partial charge is 0.231 e. The Morgan fingerprint density at radius 3 is 2.96 bits per heavy atom. The molecule has 23 heavy (non-hydrogen) atoms. The molecule has 1 aromatic heterocycles. The molecular weight excluding hydrogens is 312 g/mol. The van der Waals surface area contributed by atoms with E-state index >= 15 is 0 Å². The van der Waals surface area contributed by atoms with Gasteiger partial charge in [0.1, 0.15) is 0 Å². The number of halogens is 1. The van der Waals surface area contributed by atoms with Crippen molar-refractivity contribution < 1.29 is 9.53 Å². The van der Waals surface area contributed by atoms with Crippen LogP contribution in [-0.4, -0.2) is 36.1 Å². The molecule has 2 aromatic rings. The van der Waals surface area contributed by atoms with Crippen LogP contribution in [0, 0.1) is 5.41 Å². The van der Waals surface area contributed by atoms with E-state index in [0.717, 1.165) is 48.2 Å². The predicted octanol–water partition coefficient (Wildman–Crippen LogP) is 3.52. The van der Waals surface area contributed by atoms with E-state index in [1.807, 2.05) is 23.1 Å². The normalized spacial score (nSPS) is 19.5. The van der Waals surface area contributed by atoms with Crippen LogP contribution in [0.15, 0.2) is 18.2 Å². The van der Waals surface area contributed by atoms with Crippen LogP contribution in [0.5, 0.6) is 0 Å². The summed E-state index contributed by atoms with van der Waals surface area (Å²) in [5.41, 5.74) is 3.27. The van der Waals surface area contributed by atoms with Gasteiger partial charge in [0.25, 0.3) is 0 Å². The minimum absolute atomic E-state index is 0.257. The summed E-state index contributed by atoms with van der Waals surface area (Å²) in [6.07, 6.45) is 3.89. The molecule has 0 saturated heterocycles. The average molecular weight is 333 g/mol. The number of aromatic amines is 1. The van der Waals surface area contributed by atoms with Crippen molar-refractivity contribution in [2.45, 2.75) is 32.2 Å². The topological polar surface area (TPSA) is 45.3 Å². The average Bonchev–Trinajstić information content (AvgIpc) is 2.87. The van der Waals surface area contributed by atoms with E-state index in [9.17, 15) is 4.79 Å². The maximum absolute atomic E-state index is 13.0. The van der Waals surface area contributed by atoms with Crippen LogP contribution >= 0.6 is 11.6 Å². The maximum atomic E-state index is 13.0. The zero-order valence-corrected chi connectivity index (χ0v) is 14.1. The molecule has 0 atom stereocenters. The molecule has 4 nitrogen and oxygen atoms in total. The second-order valence-corrected chi connectivity index (χ2v) is 7.25. The fraction of sp³-hybridized carbons (Fsp3) is 0.500. The van der Waals surface area contributed by atoms with E-state index in [1.54, 1.807) is 7.11 Å². The number of amides is 1. The van der Waals surface area contributed by atoms with Gasteiger partial charge in [0.15, 0.2) is 0 Å². The van der Waals surface area contributed by atoms with E-state index < -0.39 is 0 Å². The Kier molecular flexibility index (Phi) is 3.62. The van der Waals surface area contributed by atoms with Gasteiger partial charge in [0.05, 0.1) is 12.0 Å². The van der Waals surface area contributed by atoms with Gasteiger partial charge in [0.2, 0.25) is 5.91 Å². The molecule has 1 fully saturated rings. The minimum atomic E-state index is -0.282. The first-order chi connectivity index (χ1) is 11.1. The number of hydrogen-bond donors (Lipinski definition) is 1. The Morgan fingerprint density at radius 1 is 1.43 bits per heavy atom. The van der Waals surface area contributed by atoms with Crippen molar-refractivity contribution >= 4 is 28.4 Å². The Bertz CT molecular complexity index is 764. The number of fused-ring (bicyclic) bond motifs is 3. The van der Waals surface area contributed by atoms with Crippen molar-refractivity contribution in [2.24, 2.45) is 5.41 Å². The Balaban J connectivity index is 1.64. The Morgan fingerprint density at radius 2 is 2.26 bits per heavy atom. The minimum Gasteiger partial charge on any atom is -0.384 e. The second-order valence-electron chi connectivity index (χ2n) is 6.82. The van der Waals surface area contributed by atoms with E-state index in [2.05, 4.69) is 4.98 Å². The summed E-state index contributed by atoms with van der Waals surface area (Å²) in [6, 6.07) is 5.91. The van der Waals surface area contributed by atoms with E-state index in [0.29, 0.717) is 13.2 Å². The largest absolute Gasteiger partial charge is 0.384 e. The summed E-state index contributed by atoms with van der Waals surface area (Å²) in [5, 5.41) is 1.87. The fourth-order valence-electron chi connectivity index (χ4n) is 3.99. The van der Waals surface area contributed by atoms with Crippen molar-refractivity contribution in [3.05, 3.63) is 34.5 Å². The summed E-state index contributed by atoms with van der Waals surface area (Å²) in [4.78, 5) is 18.5. The highest BCUT2D eigenvalue weighted by Gasteiger charge is 2.46. The van der Waals surface area contributed by atoms with Crippen LogP contribution < -0.4 is 0 Å². The van der Waals surface area contributed by atoms with Gasteiger partial charge in [-0.1, -0.05) is 18.0 Å². The third-order valence-corrected chi connectivity index (χ3v) is 5.64. The second kappa shape index (κ2) is 5.53. The van der Waals surface area contributed by atoms with Gasteiger partial charge in [-0.15, -0.1) is 0 Å². The third-order valence-electron chi connectivity index (χ3n) is 5.41.